The van der Waals surface area contributed by atoms with E-state index in [-0.39, 0.29) is 18.7 Å². The highest BCUT2D eigenvalue weighted by Gasteiger charge is 2.28. The van der Waals surface area contributed by atoms with Gasteiger partial charge in [-0.2, -0.15) is 0 Å². The van der Waals surface area contributed by atoms with Gasteiger partial charge in [0.15, 0.2) is 0 Å². The summed E-state index contributed by atoms with van der Waals surface area (Å²) in [4.78, 5) is 32.8. The fraction of sp³-hybridized carbons (Fsp3) is 0.500. The Labute approximate surface area is 88.2 Å². The second-order valence-corrected chi connectivity index (χ2v) is 2.90. The molecular weight excluding hydrogens is 222 g/mol. The SMILES string of the molecule is CC(=O)CCn1nc([N+](=O)[O-])nc1[N+](=O)[O-]. The van der Waals surface area contributed by atoms with Crippen molar-refractivity contribution in [1.29, 1.82) is 0 Å². The van der Waals surface area contributed by atoms with Crippen molar-refractivity contribution < 1.29 is 14.6 Å². The molecule has 1 aromatic heterocycles. The molecule has 1 heterocycles. The summed E-state index contributed by atoms with van der Waals surface area (Å²) in [5, 5.41) is 24.1. The highest BCUT2D eigenvalue weighted by molar-refractivity contribution is 5.75. The van der Waals surface area contributed by atoms with Crippen LogP contribution >= 0.6 is 0 Å². The molecule has 1 aromatic rings. The lowest BCUT2D eigenvalue weighted by atomic mass is 10.3. The number of hydrogen-bond donors (Lipinski definition) is 0. The van der Waals surface area contributed by atoms with Crippen molar-refractivity contribution >= 4 is 17.7 Å². The van der Waals surface area contributed by atoms with Gasteiger partial charge in [-0.05, 0) is 16.8 Å². The molecule has 0 aliphatic carbocycles. The number of aromatic nitrogens is 3. The lowest BCUT2D eigenvalue weighted by Crippen LogP contribution is -2.08. The minimum absolute atomic E-state index is 0.00134. The van der Waals surface area contributed by atoms with Gasteiger partial charge in [0.2, 0.25) is 0 Å². The number of hydrogen-bond acceptors (Lipinski definition) is 7. The number of rotatable bonds is 5. The van der Waals surface area contributed by atoms with E-state index < -0.39 is 21.7 Å². The van der Waals surface area contributed by atoms with Gasteiger partial charge in [0.25, 0.3) is 0 Å². The van der Waals surface area contributed by atoms with Gasteiger partial charge >= 0.3 is 11.9 Å². The van der Waals surface area contributed by atoms with Crippen molar-refractivity contribution in [2.75, 3.05) is 0 Å². The summed E-state index contributed by atoms with van der Waals surface area (Å²) in [6.07, 6.45) is 0.00134. The van der Waals surface area contributed by atoms with Crippen LogP contribution < -0.4 is 0 Å². The average molecular weight is 229 g/mol. The van der Waals surface area contributed by atoms with Crippen molar-refractivity contribution in [3.8, 4) is 0 Å². The van der Waals surface area contributed by atoms with Crippen LogP contribution in [-0.4, -0.2) is 30.4 Å². The number of nitro groups is 2. The van der Waals surface area contributed by atoms with Crippen LogP contribution in [0.15, 0.2) is 0 Å². The first-order valence-corrected chi connectivity index (χ1v) is 4.15. The van der Waals surface area contributed by atoms with Crippen molar-refractivity contribution in [3.63, 3.8) is 0 Å². The van der Waals surface area contributed by atoms with Gasteiger partial charge in [-0.1, -0.05) is 4.68 Å². The standard InChI is InChI=1S/C6H7N5O5/c1-4(12)2-3-9-6(11(15)16)7-5(8-9)10(13)14/h2-3H2,1H3. The van der Waals surface area contributed by atoms with Gasteiger partial charge in [0.1, 0.15) is 12.3 Å². The fourth-order valence-corrected chi connectivity index (χ4v) is 0.948. The minimum atomic E-state index is -0.933. The van der Waals surface area contributed by atoms with E-state index >= 15 is 0 Å². The predicted octanol–water partition coefficient (Wildman–Crippen LogP) is 0.0736. The second kappa shape index (κ2) is 4.42. The second-order valence-electron chi connectivity index (χ2n) is 2.90. The molecular formula is C6H7N5O5. The van der Waals surface area contributed by atoms with Crippen LogP contribution in [-0.2, 0) is 11.3 Å². The van der Waals surface area contributed by atoms with Crippen molar-refractivity contribution in [2.24, 2.45) is 0 Å². The molecule has 0 saturated carbocycles. The van der Waals surface area contributed by atoms with Crippen LogP contribution in [0.4, 0.5) is 11.9 Å². The topological polar surface area (TPSA) is 134 Å². The van der Waals surface area contributed by atoms with E-state index in [0.29, 0.717) is 0 Å². The summed E-state index contributed by atoms with van der Waals surface area (Å²) >= 11 is 0. The van der Waals surface area contributed by atoms with Crippen molar-refractivity contribution in [3.05, 3.63) is 20.2 Å². The van der Waals surface area contributed by atoms with Gasteiger partial charge in [0, 0.05) is 11.4 Å². The maximum atomic E-state index is 10.7. The number of ketones is 1. The molecule has 0 saturated heterocycles. The zero-order valence-electron chi connectivity index (χ0n) is 8.19. The van der Waals surface area contributed by atoms with E-state index in [2.05, 4.69) is 10.1 Å². The Kier molecular flexibility index (Phi) is 3.23. The van der Waals surface area contributed by atoms with E-state index in [4.69, 9.17) is 0 Å². The Hall–Kier alpha value is -2.39. The summed E-state index contributed by atoms with van der Waals surface area (Å²) in [7, 11) is 0. The third-order valence-electron chi connectivity index (χ3n) is 1.64. The summed E-state index contributed by atoms with van der Waals surface area (Å²) in [5.74, 6) is -1.80. The lowest BCUT2D eigenvalue weighted by molar-refractivity contribution is -0.404. The van der Waals surface area contributed by atoms with Crippen molar-refractivity contribution in [2.45, 2.75) is 19.9 Å². The lowest BCUT2D eigenvalue weighted by Gasteiger charge is -1.93. The molecule has 0 fully saturated rings. The van der Waals surface area contributed by atoms with Crippen LogP contribution in [0.25, 0.3) is 0 Å². The highest BCUT2D eigenvalue weighted by atomic mass is 16.6. The predicted molar refractivity (Wildman–Crippen MR) is 48.6 cm³/mol. The first-order valence-electron chi connectivity index (χ1n) is 4.15. The first kappa shape index (κ1) is 11.7. The third-order valence-corrected chi connectivity index (χ3v) is 1.64. The molecule has 0 amide bonds. The van der Waals surface area contributed by atoms with Gasteiger partial charge in [0.05, 0.1) is 5.10 Å². The molecule has 0 atom stereocenters. The Morgan fingerprint density at radius 2 is 2.00 bits per heavy atom. The summed E-state index contributed by atoms with van der Waals surface area (Å²) < 4.78 is 0.736. The van der Waals surface area contributed by atoms with E-state index in [0.717, 1.165) is 4.68 Å². The highest BCUT2D eigenvalue weighted by Crippen LogP contribution is 2.13. The Bertz CT molecular complexity index is 452. The molecule has 0 N–H and O–H groups in total. The molecule has 1 rings (SSSR count). The minimum Gasteiger partial charge on any atom is -0.390 e. The summed E-state index contributed by atoms with van der Waals surface area (Å²) in [6.45, 7) is 1.20. The Morgan fingerprint density at radius 1 is 1.38 bits per heavy atom. The molecule has 10 nitrogen and oxygen atoms in total. The van der Waals surface area contributed by atoms with Crippen LogP contribution in [0.3, 0.4) is 0 Å². The number of aryl methyl sites for hydroxylation is 1. The maximum Gasteiger partial charge on any atom is 0.508 e. The van der Waals surface area contributed by atoms with Crippen LogP contribution in [0.1, 0.15) is 13.3 Å². The summed E-state index contributed by atoms with van der Waals surface area (Å²) in [6, 6.07) is 0. The normalized spacial score (nSPS) is 10.1. The largest absolute Gasteiger partial charge is 0.508 e. The average Bonchev–Trinajstić information content (AvgIpc) is 2.58. The number of carbonyl (C=O) groups is 1. The molecule has 0 radical (unpaired) electrons. The third kappa shape index (κ3) is 2.56. The molecule has 0 aliphatic heterocycles. The van der Waals surface area contributed by atoms with Gasteiger partial charge in [-0.15, -0.1) is 0 Å². The molecule has 0 spiro atoms. The van der Waals surface area contributed by atoms with E-state index in [1.807, 2.05) is 0 Å². The van der Waals surface area contributed by atoms with Crippen molar-refractivity contribution in [1.82, 2.24) is 14.8 Å². The summed E-state index contributed by atoms with van der Waals surface area (Å²) in [5.41, 5.74) is 0. The quantitative estimate of drug-likeness (QED) is 0.515. The zero-order valence-corrected chi connectivity index (χ0v) is 8.19. The number of carbonyl (C=O) groups excluding carboxylic acids is 1. The zero-order chi connectivity index (χ0) is 12.3. The maximum absolute atomic E-state index is 10.7. The Balaban J connectivity index is 3.00. The van der Waals surface area contributed by atoms with Crippen LogP contribution in [0, 0.1) is 20.2 Å². The first-order chi connectivity index (χ1) is 7.41. The number of nitrogens with zero attached hydrogens (tertiary/aromatic N) is 5. The smallest absolute Gasteiger partial charge is 0.390 e. The number of Topliss-reactive ketones (excluding diaryl/α,β-unsaturated/α-hetero) is 1. The molecule has 16 heavy (non-hydrogen) atoms. The van der Waals surface area contributed by atoms with Gasteiger partial charge in [-0.25, -0.2) is 0 Å². The van der Waals surface area contributed by atoms with E-state index in [1.54, 1.807) is 0 Å². The molecule has 0 unspecified atom stereocenters. The van der Waals surface area contributed by atoms with E-state index in [1.165, 1.54) is 6.92 Å². The monoisotopic (exact) mass is 229 g/mol. The fourth-order valence-electron chi connectivity index (χ4n) is 0.948. The van der Waals surface area contributed by atoms with E-state index in [9.17, 15) is 25.0 Å². The van der Waals surface area contributed by atoms with Crippen LogP contribution in [0.5, 0.6) is 0 Å². The molecule has 0 aliphatic rings. The van der Waals surface area contributed by atoms with Gasteiger partial charge in [-0.3, -0.25) is 4.79 Å². The van der Waals surface area contributed by atoms with Crippen LogP contribution in [0.2, 0.25) is 0 Å². The molecule has 10 heteroatoms. The van der Waals surface area contributed by atoms with Gasteiger partial charge < -0.3 is 20.2 Å². The molecule has 0 bridgehead atoms. The molecule has 86 valence electrons. The molecule has 0 aromatic carbocycles. The Morgan fingerprint density at radius 3 is 2.44 bits per heavy atom.